The maximum Gasteiger partial charge on any atom is 0.160 e. The molecule has 2 aromatic carbocycles. The van der Waals surface area contributed by atoms with E-state index in [0.717, 1.165) is 33.5 Å². The zero-order valence-electron chi connectivity index (χ0n) is 10.8. The van der Waals surface area contributed by atoms with Crippen LogP contribution < -0.4 is 0 Å². The molecule has 0 aliphatic carbocycles. The second-order valence-electron chi connectivity index (χ2n) is 4.78. The summed E-state index contributed by atoms with van der Waals surface area (Å²) < 4.78 is 2.04. The molecular formula is C16H13N3O. The largest absolute Gasteiger partial charge is 0.395 e. The Morgan fingerprint density at radius 3 is 2.50 bits per heavy atom. The number of rotatable bonds is 2. The van der Waals surface area contributed by atoms with E-state index in [2.05, 4.69) is 4.98 Å². The Bertz CT molecular complexity index is 881. The minimum Gasteiger partial charge on any atom is -0.395 e. The van der Waals surface area contributed by atoms with E-state index >= 15 is 0 Å². The Labute approximate surface area is 115 Å². The quantitative estimate of drug-likeness (QED) is 0.605. The SMILES string of the molecule is OCCn1c2nc3ccccc3c-2nc2ccccc21. The lowest BCUT2D eigenvalue weighted by molar-refractivity contribution is 0.278. The first-order valence-corrected chi connectivity index (χ1v) is 6.63. The number of hydrogen-bond donors (Lipinski definition) is 1. The van der Waals surface area contributed by atoms with Crippen LogP contribution in [0.2, 0.25) is 0 Å². The second-order valence-corrected chi connectivity index (χ2v) is 4.78. The summed E-state index contributed by atoms with van der Waals surface area (Å²) in [6.07, 6.45) is 0. The smallest absolute Gasteiger partial charge is 0.160 e. The normalized spacial score (nSPS) is 11.7. The molecule has 0 spiro atoms. The Hall–Kier alpha value is -2.46. The van der Waals surface area contributed by atoms with Crippen molar-refractivity contribution in [2.45, 2.75) is 6.54 Å². The zero-order chi connectivity index (χ0) is 13.5. The van der Waals surface area contributed by atoms with E-state index in [1.165, 1.54) is 0 Å². The van der Waals surface area contributed by atoms with Gasteiger partial charge in [0.05, 0.1) is 23.2 Å². The number of aromatic nitrogens is 3. The third-order valence-corrected chi connectivity index (χ3v) is 3.58. The summed E-state index contributed by atoms with van der Waals surface area (Å²) in [4.78, 5) is 9.42. The van der Waals surface area contributed by atoms with Gasteiger partial charge in [-0.25, -0.2) is 9.97 Å². The summed E-state index contributed by atoms with van der Waals surface area (Å²) in [6, 6.07) is 16.0. The summed E-state index contributed by atoms with van der Waals surface area (Å²) in [5, 5.41) is 10.4. The molecule has 0 amide bonds. The summed E-state index contributed by atoms with van der Waals surface area (Å²) in [5.41, 5.74) is 3.76. The second kappa shape index (κ2) is 4.28. The number of benzene rings is 2. The molecule has 0 bridgehead atoms. The highest BCUT2D eigenvalue weighted by Crippen LogP contribution is 2.31. The van der Waals surface area contributed by atoms with Gasteiger partial charge in [-0.1, -0.05) is 30.3 Å². The first kappa shape index (κ1) is 11.4. The van der Waals surface area contributed by atoms with Gasteiger partial charge in [0.15, 0.2) is 5.82 Å². The van der Waals surface area contributed by atoms with Gasteiger partial charge < -0.3 is 9.67 Å². The predicted octanol–water partition coefficient (Wildman–Crippen LogP) is 2.68. The standard InChI is InChI=1S/C16H13N3O/c20-10-9-19-14-8-4-3-7-13(14)17-15-11-5-1-2-6-12(11)18-16(15)19/h1-8,20H,9-10H2. The lowest BCUT2D eigenvalue weighted by Gasteiger charge is -2.13. The molecule has 0 atom stereocenters. The van der Waals surface area contributed by atoms with E-state index in [1.54, 1.807) is 0 Å². The molecule has 20 heavy (non-hydrogen) atoms. The molecule has 4 rings (SSSR count). The van der Waals surface area contributed by atoms with Crippen LogP contribution in [0.5, 0.6) is 0 Å². The highest BCUT2D eigenvalue weighted by atomic mass is 16.3. The Kier molecular flexibility index (Phi) is 2.44. The number of aliphatic hydroxyl groups is 1. The molecule has 4 nitrogen and oxygen atoms in total. The van der Waals surface area contributed by atoms with Gasteiger partial charge in [-0.05, 0) is 18.2 Å². The number of nitrogens with zero attached hydrogens (tertiary/aromatic N) is 3. The minimum absolute atomic E-state index is 0.0803. The third-order valence-electron chi connectivity index (χ3n) is 3.58. The third kappa shape index (κ3) is 1.52. The van der Waals surface area contributed by atoms with Crippen molar-refractivity contribution in [2.75, 3.05) is 6.61 Å². The van der Waals surface area contributed by atoms with Crippen molar-refractivity contribution in [3.63, 3.8) is 0 Å². The molecule has 1 N–H and O–H groups in total. The molecule has 0 saturated carbocycles. The van der Waals surface area contributed by atoms with E-state index < -0.39 is 0 Å². The van der Waals surface area contributed by atoms with E-state index in [0.29, 0.717) is 6.54 Å². The van der Waals surface area contributed by atoms with Gasteiger partial charge in [0.2, 0.25) is 0 Å². The van der Waals surface area contributed by atoms with Crippen LogP contribution in [0, 0.1) is 0 Å². The Morgan fingerprint density at radius 1 is 0.900 bits per heavy atom. The number of hydrogen-bond acceptors (Lipinski definition) is 3. The maximum absolute atomic E-state index is 9.34. The number of aliphatic hydroxyl groups excluding tert-OH is 1. The molecule has 2 heterocycles. The Morgan fingerprint density at radius 2 is 1.65 bits per heavy atom. The van der Waals surface area contributed by atoms with E-state index in [4.69, 9.17) is 4.98 Å². The molecule has 0 aromatic heterocycles. The molecule has 0 radical (unpaired) electrons. The van der Waals surface area contributed by atoms with Gasteiger partial charge >= 0.3 is 0 Å². The van der Waals surface area contributed by atoms with Crippen molar-refractivity contribution in [3.8, 4) is 11.5 Å². The highest BCUT2D eigenvalue weighted by molar-refractivity contribution is 5.97. The number of fused-ring (bicyclic) bond motifs is 4. The fourth-order valence-electron chi connectivity index (χ4n) is 2.71. The van der Waals surface area contributed by atoms with Crippen molar-refractivity contribution in [3.05, 3.63) is 48.5 Å². The van der Waals surface area contributed by atoms with Crippen LogP contribution in [0.4, 0.5) is 0 Å². The molecule has 98 valence electrons. The molecule has 0 unspecified atom stereocenters. The van der Waals surface area contributed by atoms with Crippen LogP contribution in [0.1, 0.15) is 0 Å². The van der Waals surface area contributed by atoms with E-state index in [9.17, 15) is 5.11 Å². The van der Waals surface area contributed by atoms with Crippen molar-refractivity contribution in [2.24, 2.45) is 0 Å². The average Bonchev–Trinajstić information content (AvgIpc) is 2.86. The summed E-state index contributed by atoms with van der Waals surface area (Å²) in [5.74, 6) is 0.832. The molecular weight excluding hydrogens is 250 g/mol. The average molecular weight is 263 g/mol. The first-order chi connectivity index (χ1) is 9.88. The fourth-order valence-corrected chi connectivity index (χ4v) is 2.71. The molecule has 0 saturated heterocycles. The molecule has 4 heteroatoms. The zero-order valence-corrected chi connectivity index (χ0v) is 10.8. The first-order valence-electron chi connectivity index (χ1n) is 6.63. The molecule has 2 aliphatic rings. The summed E-state index contributed by atoms with van der Waals surface area (Å²) >= 11 is 0. The van der Waals surface area contributed by atoms with Crippen LogP contribution in [0.25, 0.3) is 33.5 Å². The van der Waals surface area contributed by atoms with Crippen molar-refractivity contribution in [1.29, 1.82) is 0 Å². The summed E-state index contributed by atoms with van der Waals surface area (Å²) in [6.45, 7) is 0.597. The van der Waals surface area contributed by atoms with Crippen LogP contribution in [-0.2, 0) is 6.54 Å². The van der Waals surface area contributed by atoms with Crippen LogP contribution >= 0.6 is 0 Å². The van der Waals surface area contributed by atoms with Crippen LogP contribution in [0.15, 0.2) is 48.5 Å². The van der Waals surface area contributed by atoms with Gasteiger partial charge in [-0.15, -0.1) is 0 Å². The monoisotopic (exact) mass is 263 g/mol. The highest BCUT2D eigenvalue weighted by Gasteiger charge is 2.18. The van der Waals surface area contributed by atoms with Gasteiger partial charge in [0, 0.05) is 11.9 Å². The van der Waals surface area contributed by atoms with Crippen molar-refractivity contribution >= 4 is 21.9 Å². The van der Waals surface area contributed by atoms with Gasteiger partial charge in [0.25, 0.3) is 0 Å². The topological polar surface area (TPSA) is 50.9 Å². The van der Waals surface area contributed by atoms with Crippen molar-refractivity contribution in [1.82, 2.24) is 14.5 Å². The van der Waals surface area contributed by atoms with Crippen molar-refractivity contribution < 1.29 is 5.11 Å². The van der Waals surface area contributed by atoms with Crippen LogP contribution in [-0.4, -0.2) is 26.2 Å². The minimum atomic E-state index is 0.0803. The summed E-state index contributed by atoms with van der Waals surface area (Å²) in [7, 11) is 0. The molecule has 2 aromatic rings. The lowest BCUT2D eigenvalue weighted by atomic mass is 10.2. The maximum atomic E-state index is 9.34. The lowest BCUT2D eigenvalue weighted by Crippen LogP contribution is -2.09. The Balaban J connectivity index is 2.20. The predicted molar refractivity (Wildman–Crippen MR) is 78.7 cm³/mol. The number of para-hydroxylation sites is 3. The van der Waals surface area contributed by atoms with Crippen LogP contribution in [0.3, 0.4) is 0 Å². The van der Waals surface area contributed by atoms with Gasteiger partial charge in [-0.3, -0.25) is 0 Å². The van der Waals surface area contributed by atoms with E-state index in [1.807, 2.05) is 53.1 Å². The van der Waals surface area contributed by atoms with Gasteiger partial charge in [-0.2, -0.15) is 0 Å². The molecule has 2 aliphatic heterocycles. The van der Waals surface area contributed by atoms with E-state index in [-0.39, 0.29) is 6.61 Å². The van der Waals surface area contributed by atoms with Gasteiger partial charge in [0.1, 0.15) is 5.69 Å². The fraction of sp³-hybridized carbons (Fsp3) is 0.125. The molecule has 0 fully saturated rings.